The first kappa shape index (κ1) is 52.4. The van der Waals surface area contributed by atoms with Gasteiger partial charge in [0.05, 0.1) is 5.69 Å². The highest BCUT2D eigenvalue weighted by molar-refractivity contribution is 7.27. The van der Waals surface area contributed by atoms with Crippen molar-refractivity contribution >= 4 is 94.8 Å². The van der Waals surface area contributed by atoms with Gasteiger partial charge in [0.25, 0.3) is 0 Å². The van der Waals surface area contributed by atoms with Crippen LogP contribution in [0.4, 0.5) is 45.5 Å². The molecule has 0 N–H and O–H groups in total. The van der Waals surface area contributed by atoms with Gasteiger partial charge < -0.3 is 14.6 Å². The molecule has 0 amide bonds. The number of thiophene rings is 1. The van der Waals surface area contributed by atoms with E-state index in [2.05, 4.69) is 307 Å². The van der Waals surface area contributed by atoms with Crippen LogP contribution in [0.5, 0.6) is 0 Å². The van der Waals surface area contributed by atoms with Crippen molar-refractivity contribution in [2.75, 3.05) is 14.6 Å². The van der Waals surface area contributed by atoms with Crippen molar-refractivity contribution in [3.8, 4) is 22.3 Å². The third-order valence-corrected chi connectivity index (χ3v) is 18.1. The highest BCUT2D eigenvalue weighted by atomic mass is 32.1. The SMILES string of the molecule is CC(C)(C)c1ccc(N2B3c4c(cc(C(C)(C)C)cc4N(c4ccc(C(C)(C)C)cc4-c4ccccc4)c4ccc5c(sc6ccccc65)c43)-c3ccc(N(c4ccc(C(C)(C)C)cc4)c4ccc(C(C)(C)C)cc4)cc32)cc1. The second-order valence-corrected chi connectivity index (χ2v) is 28.6. The molecule has 3 heterocycles. The van der Waals surface area contributed by atoms with Gasteiger partial charge in [0.15, 0.2) is 0 Å². The van der Waals surface area contributed by atoms with Crippen molar-refractivity contribution in [2.24, 2.45) is 0 Å². The minimum Gasteiger partial charge on any atom is -0.376 e. The molecule has 12 rings (SSSR count). The van der Waals surface area contributed by atoms with Gasteiger partial charge in [-0.05, 0) is 156 Å². The van der Waals surface area contributed by atoms with E-state index in [-0.39, 0.29) is 33.9 Å². The van der Waals surface area contributed by atoms with E-state index in [0.717, 1.165) is 17.1 Å². The lowest BCUT2D eigenvalue weighted by molar-refractivity contribution is 0.590. The van der Waals surface area contributed by atoms with Gasteiger partial charge in [-0.2, -0.15) is 0 Å². The minimum absolute atomic E-state index is 0.0135. The number of hydrogen-bond acceptors (Lipinski definition) is 4. The molecule has 2 aliphatic heterocycles. The summed E-state index contributed by atoms with van der Waals surface area (Å²) in [5, 5.41) is 2.60. The quantitative estimate of drug-likeness (QED) is 0.154. The molecule has 0 aliphatic carbocycles. The Morgan fingerprint density at radius 2 is 0.861 bits per heavy atom. The molecule has 0 radical (unpaired) electrons. The van der Waals surface area contributed by atoms with Crippen molar-refractivity contribution in [2.45, 2.75) is 131 Å². The molecule has 0 saturated heterocycles. The summed E-state index contributed by atoms with van der Waals surface area (Å²) in [5.41, 5.74) is 23.4. The predicted octanol–water partition coefficient (Wildman–Crippen LogP) is 20.4. The summed E-state index contributed by atoms with van der Waals surface area (Å²) in [4.78, 5) is 7.85. The zero-order valence-electron chi connectivity index (χ0n) is 49.2. The van der Waals surface area contributed by atoms with E-state index in [1.165, 1.54) is 110 Å². The van der Waals surface area contributed by atoms with Crippen LogP contribution >= 0.6 is 11.3 Å². The lowest BCUT2D eigenvalue weighted by Gasteiger charge is -2.47. The van der Waals surface area contributed by atoms with Crippen molar-refractivity contribution in [1.29, 1.82) is 0 Å². The third kappa shape index (κ3) is 9.16. The average Bonchev–Trinajstić information content (AvgIpc) is 2.95. The molecular formula is C74H76BN3S. The van der Waals surface area contributed by atoms with E-state index in [9.17, 15) is 0 Å². The molecule has 3 nitrogen and oxygen atoms in total. The molecule has 10 aromatic rings. The molecule has 0 unspecified atom stereocenters. The molecule has 9 aromatic carbocycles. The van der Waals surface area contributed by atoms with E-state index in [4.69, 9.17) is 0 Å². The first-order valence-electron chi connectivity index (χ1n) is 28.5. The number of anilines is 8. The van der Waals surface area contributed by atoms with Gasteiger partial charge in [-0.3, -0.25) is 0 Å². The normalized spacial score (nSPS) is 13.7. The molecular weight excluding hydrogens is 974 g/mol. The lowest BCUT2D eigenvalue weighted by Crippen LogP contribution is -2.61. The molecule has 0 saturated carbocycles. The molecule has 0 atom stereocenters. The fraction of sp³-hybridized carbons (Fsp3) is 0.270. The number of rotatable bonds is 6. The van der Waals surface area contributed by atoms with Gasteiger partial charge in [0.2, 0.25) is 0 Å². The van der Waals surface area contributed by atoms with E-state index < -0.39 is 0 Å². The van der Waals surface area contributed by atoms with E-state index in [1.807, 2.05) is 11.3 Å². The van der Waals surface area contributed by atoms with E-state index in [0.29, 0.717) is 0 Å². The summed E-state index contributed by atoms with van der Waals surface area (Å²) < 4.78 is 2.63. The van der Waals surface area contributed by atoms with Crippen LogP contribution in [-0.4, -0.2) is 6.85 Å². The van der Waals surface area contributed by atoms with Crippen LogP contribution in [0.3, 0.4) is 0 Å². The topological polar surface area (TPSA) is 9.72 Å². The second kappa shape index (κ2) is 18.6. The van der Waals surface area contributed by atoms with Gasteiger partial charge in [-0.25, -0.2) is 0 Å². The summed E-state index contributed by atoms with van der Waals surface area (Å²) in [6.07, 6.45) is 0. The molecule has 0 spiro atoms. The molecule has 0 fully saturated rings. The van der Waals surface area contributed by atoms with Crippen LogP contribution in [0.1, 0.15) is 132 Å². The van der Waals surface area contributed by atoms with Gasteiger partial charge in [0.1, 0.15) is 0 Å². The zero-order chi connectivity index (χ0) is 55.7. The first-order valence-corrected chi connectivity index (χ1v) is 29.3. The molecule has 5 heteroatoms. The van der Waals surface area contributed by atoms with E-state index >= 15 is 0 Å². The Balaban J connectivity index is 1.21. The Morgan fingerprint density at radius 1 is 0.354 bits per heavy atom. The molecule has 396 valence electrons. The average molecular weight is 1050 g/mol. The van der Waals surface area contributed by atoms with Crippen LogP contribution < -0.4 is 25.5 Å². The smallest absolute Gasteiger partial charge is 0.334 e. The molecule has 0 bridgehead atoms. The van der Waals surface area contributed by atoms with Crippen LogP contribution in [0.2, 0.25) is 0 Å². The first-order chi connectivity index (χ1) is 37.3. The van der Waals surface area contributed by atoms with Crippen LogP contribution in [-0.2, 0) is 27.1 Å². The number of benzene rings is 9. The maximum Gasteiger partial charge on any atom is 0.334 e. The summed E-state index contributed by atoms with van der Waals surface area (Å²) in [6, 6.07) is 72.7. The Labute approximate surface area is 475 Å². The molecule has 2 aliphatic rings. The minimum atomic E-state index is -0.190. The fourth-order valence-electron chi connectivity index (χ4n) is 12.2. The summed E-state index contributed by atoms with van der Waals surface area (Å²) in [7, 11) is 0. The highest BCUT2D eigenvalue weighted by Crippen LogP contribution is 2.53. The third-order valence-electron chi connectivity index (χ3n) is 16.8. The Bertz CT molecular complexity index is 3910. The van der Waals surface area contributed by atoms with Gasteiger partial charge >= 0.3 is 6.85 Å². The summed E-state index contributed by atoms with van der Waals surface area (Å²) >= 11 is 1.94. The Hall–Kier alpha value is -7.34. The summed E-state index contributed by atoms with van der Waals surface area (Å²) in [6.45, 7) is 34.7. The highest BCUT2D eigenvalue weighted by Gasteiger charge is 2.47. The fourth-order valence-corrected chi connectivity index (χ4v) is 13.4. The van der Waals surface area contributed by atoms with Crippen molar-refractivity contribution < 1.29 is 0 Å². The largest absolute Gasteiger partial charge is 0.376 e. The predicted molar refractivity (Wildman–Crippen MR) is 347 cm³/mol. The zero-order valence-corrected chi connectivity index (χ0v) is 50.0. The maximum atomic E-state index is 2.72. The van der Waals surface area contributed by atoms with Crippen LogP contribution in [0.15, 0.2) is 188 Å². The van der Waals surface area contributed by atoms with Crippen molar-refractivity contribution in [1.82, 2.24) is 0 Å². The Kier molecular flexibility index (Phi) is 12.4. The van der Waals surface area contributed by atoms with Crippen LogP contribution in [0, 0.1) is 0 Å². The Morgan fingerprint density at radius 3 is 1.44 bits per heavy atom. The maximum absolute atomic E-state index is 2.72. The summed E-state index contributed by atoms with van der Waals surface area (Å²) in [5.74, 6) is 0. The monoisotopic (exact) mass is 1050 g/mol. The van der Waals surface area contributed by atoms with E-state index in [1.54, 1.807) is 0 Å². The number of hydrogen-bond donors (Lipinski definition) is 0. The number of fused-ring (bicyclic) bond motifs is 8. The van der Waals surface area contributed by atoms with Crippen LogP contribution in [0.25, 0.3) is 42.4 Å². The molecule has 1 aromatic heterocycles. The standard InChI is InChI=1S/C74H76BN3S/c1-70(2,3)48-25-32-53(33-26-48)76(54-34-27-49(28-35-54)71(4,5)6)56-38-39-57-61-44-52(74(13,14)15)45-65-67(61)75(78(64(57)46-56)55-36-29-50(30-37-55)72(7,8)9)68-63(42-40-59-58-23-19-20-24-66(58)79-69(59)68)77(65)62-41-31-51(73(10,11)12)43-60(62)47-21-17-16-18-22-47/h16-46H,1-15H3. The van der Waals surface area contributed by atoms with Gasteiger partial charge in [-0.15, -0.1) is 11.3 Å². The molecule has 79 heavy (non-hydrogen) atoms. The van der Waals surface area contributed by atoms with Gasteiger partial charge in [0, 0.05) is 71.1 Å². The lowest BCUT2D eigenvalue weighted by atomic mass is 9.43. The second-order valence-electron chi connectivity index (χ2n) is 27.6. The number of nitrogens with zero attached hydrogens (tertiary/aromatic N) is 3. The van der Waals surface area contributed by atoms with Crippen molar-refractivity contribution in [3.63, 3.8) is 0 Å². The van der Waals surface area contributed by atoms with Gasteiger partial charge in [-0.1, -0.05) is 213 Å². The van der Waals surface area contributed by atoms with Crippen molar-refractivity contribution in [3.05, 3.63) is 216 Å².